The molecule has 4 N–H and O–H groups in total. The van der Waals surface area contributed by atoms with Crippen LogP contribution in [0.25, 0.3) is 11.3 Å². The lowest BCUT2D eigenvalue weighted by Gasteiger charge is -2.19. The maximum atomic E-state index is 13.1. The number of rotatable bonds is 7. The van der Waals surface area contributed by atoms with Crippen LogP contribution >= 0.6 is 0 Å². The highest BCUT2D eigenvalue weighted by molar-refractivity contribution is 6.11. The normalized spacial score (nSPS) is 19.0. The number of amides is 1. The number of carboxylic acids is 1. The molecule has 1 aromatic carbocycles. The predicted octanol–water partition coefficient (Wildman–Crippen LogP) is 4.65. The first-order chi connectivity index (χ1) is 16.3. The van der Waals surface area contributed by atoms with Gasteiger partial charge in [-0.1, -0.05) is 11.6 Å². The molecular weight excluding hydrogens is 436 g/mol. The minimum atomic E-state index is -1.19. The maximum Gasteiger partial charge on any atom is 0.371 e. The number of hydrazone groups is 1. The summed E-state index contributed by atoms with van der Waals surface area (Å²) in [5.41, 5.74) is 10.4. The lowest BCUT2D eigenvalue weighted by molar-refractivity contribution is -0.128. The highest BCUT2D eigenvalue weighted by Gasteiger charge is 2.34. The van der Waals surface area contributed by atoms with Crippen molar-refractivity contribution in [1.29, 1.82) is 0 Å². The van der Waals surface area contributed by atoms with E-state index in [1.54, 1.807) is 25.1 Å². The zero-order valence-corrected chi connectivity index (χ0v) is 19.4. The van der Waals surface area contributed by atoms with Crippen LogP contribution in [0.5, 0.6) is 5.75 Å². The number of aromatic hydroxyl groups is 1. The molecular formula is C25H28N4O5. The van der Waals surface area contributed by atoms with E-state index in [2.05, 4.69) is 22.9 Å². The Morgan fingerprint density at radius 1 is 1.21 bits per heavy atom. The minimum absolute atomic E-state index is 0.144. The molecule has 34 heavy (non-hydrogen) atoms. The van der Waals surface area contributed by atoms with Crippen LogP contribution in [0.3, 0.4) is 0 Å². The lowest BCUT2D eigenvalue weighted by Crippen LogP contribution is -2.45. The van der Waals surface area contributed by atoms with Crippen molar-refractivity contribution >= 4 is 23.3 Å². The SMILES string of the molecule is CC1=NN(/C(C)=C/C2=C(C)CCCC2)C(=O)C1NNc1cccc(-c2ccc(C(=O)O)o2)c1O. The number of phenols is 1. The number of furan rings is 1. The standard InChI is InChI=1S/C25H28N4O5/c1-14-7-4-5-8-17(14)13-15(2)29-24(31)22(16(3)28-29)27-26-19-10-6-9-18(23(19)30)20-11-12-21(34-20)25(32)33/h6,9-13,22,26-27,30H,4-5,7-8H2,1-3H3,(H,32,33)/b15-13+. The third-order valence-corrected chi connectivity index (χ3v) is 6.11. The Morgan fingerprint density at radius 2 is 1.97 bits per heavy atom. The van der Waals surface area contributed by atoms with E-state index in [-0.39, 0.29) is 23.2 Å². The number of carbonyl (C=O) groups excluding carboxylic acids is 1. The molecule has 9 heteroatoms. The Morgan fingerprint density at radius 3 is 2.68 bits per heavy atom. The Hall–Kier alpha value is -3.85. The molecule has 9 nitrogen and oxygen atoms in total. The Labute approximate surface area is 197 Å². The number of carbonyl (C=O) groups is 2. The van der Waals surface area contributed by atoms with Crippen molar-refractivity contribution in [3.8, 4) is 17.1 Å². The number of hydrogen-bond acceptors (Lipinski definition) is 7. The van der Waals surface area contributed by atoms with E-state index in [1.807, 2.05) is 13.0 Å². The van der Waals surface area contributed by atoms with Crippen molar-refractivity contribution in [3.63, 3.8) is 0 Å². The van der Waals surface area contributed by atoms with E-state index in [9.17, 15) is 14.7 Å². The summed E-state index contributed by atoms with van der Waals surface area (Å²) < 4.78 is 5.29. The minimum Gasteiger partial charge on any atom is -0.505 e. The van der Waals surface area contributed by atoms with Gasteiger partial charge in [0.2, 0.25) is 5.76 Å². The first kappa shape index (κ1) is 23.3. The van der Waals surface area contributed by atoms with E-state index >= 15 is 0 Å². The smallest absolute Gasteiger partial charge is 0.371 e. The van der Waals surface area contributed by atoms with Gasteiger partial charge in [0.15, 0.2) is 5.75 Å². The van der Waals surface area contributed by atoms with Gasteiger partial charge in [-0.3, -0.25) is 4.79 Å². The first-order valence-electron chi connectivity index (χ1n) is 11.2. The topological polar surface area (TPSA) is 127 Å². The molecule has 0 bridgehead atoms. The number of benzene rings is 1. The van der Waals surface area contributed by atoms with Gasteiger partial charge in [-0.15, -0.1) is 0 Å². The predicted molar refractivity (Wildman–Crippen MR) is 128 cm³/mol. The average molecular weight is 465 g/mol. The molecule has 1 unspecified atom stereocenters. The molecule has 0 saturated carbocycles. The van der Waals surface area contributed by atoms with Crippen LogP contribution in [-0.4, -0.2) is 38.9 Å². The molecule has 1 aliphatic carbocycles. The van der Waals surface area contributed by atoms with Crippen molar-refractivity contribution in [2.45, 2.75) is 52.5 Å². The number of nitrogens with one attached hydrogen (secondary N) is 2. The van der Waals surface area contributed by atoms with Gasteiger partial charge in [0.1, 0.15) is 11.8 Å². The van der Waals surface area contributed by atoms with Crippen LogP contribution in [0.15, 0.2) is 62.8 Å². The summed E-state index contributed by atoms with van der Waals surface area (Å²) in [7, 11) is 0. The molecule has 0 radical (unpaired) electrons. The molecule has 1 aromatic heterocycles. The van der Waals surface area contributed by atoms with Crippen molar-refractivity contribution in [2.75, 3.05) is 5.43 Å². The van der Waals surface area contributed by atoms with Gasteiger partial charge in [-0.25, -0.2) is 15.2 Å². The largest absolute Gasteiger partial charge is 0.505 e. The maximum absolute atomic E-state index is 13.1. The van der Waals surface area contributed by atoms with Gasteiger partial charge in [0.05, 0.1) is 17.0 Å². The van der Waals surface area contributed by atoms with Crippen LogP contribution in [0.2, 0.25) is 0 Å². The van der Waals surface area contributed by atoms with Gasteiger partial charge in [0.25, 0.3) is 5.91 Å². The van der Waals surface area contributed by atoms with Crippen molar-refractivity contribution in [2.24, 2.45) is 5.10 Å². The second-order valence-electron chi connectivity index (χ2n) is 8.56. The Bertz CT molecular complexity index is 1220. The lowest BCUT2D eigenvalue weighted by atomic mass is 9.92. The number of anilines is 1. The summed E-state index contributed by atoms with van der Waals surface area (Å²) in [4.78, 5) is 24.1. The fraction of sp³-hybridized carbons (Fsp3) is 0.320. The number of hydrazine groups is 1. The van der Waals surface area contributed by atoms with Crippen molar-refractivity contribution in [3.05, 3.63) is 59.0 Å². The van der Waals surface area contributed by atoms with E-state index in [4.69, 9.17) is 9.52 Å². The van der Waals surface area contributed by atoms with Crippen LogP contribution in [-0.2, 0) is 4.79 Å². The van der Waals surface area contributed by atoms with Crippen LogP contribution in [0.1, 0.15) is 57.0 Å². The van der Waals surface area contributed by atoms with Gasteiger partial charge < -0.3 is 20.1 Å². The Kier molecular flexibility index (Phi) is 6.56. The summed E-state index contributed by atoms with van der Waals surface area (Å²) in [6.07, 6.45) is 6.49. The summed E-state index contributed by atoms with van der Waals surface area (Å²) in [6.45, 7) is 5.78. The molecule has 2 aliphatic rings. The van der Waals surface area contributed by atoms with E-state index in [0.717, 1.165) is 25.0 Å². The number of nitrogens with zero attached hydrogens (tertiary/aromatic N) is 2. The van der Waals surface area contributed by atoms with Gasteiger partial charge in [-0.05, 0) is 82.4 Å². The fourth-order valence-corrected chi connectivity index (χ4v) is 4.16. The molecule has 2 heterocycles. The number of aromatic carboxylic acids is 1. The van der Waals surface area contributed by atoms with Crippen molar-refractivity contribution < 1.29 is 24.2 Å². The molecule has 4 rings (SSSR count). The van der Waals surface area contributed by atoms with Crippen LogP contribution < -0.4 is 10.9 Å². The molecule has 0 fully saturated rings. The molecule has 1 amide bonds. The summed E-state index contributed by atoms with van der Waals surface area (Å²) in [6, 6.07) is 7.00. The monoisotopic (exact) mass is 464 g/mol. The average Bonchev–Trinajstić information content (AvgIpc) is 3.40. The molecule has 1 aliphatic heterocycles. The third kappa shape index (κ3) is 4.60. The van der Waals surface area contributed by atoms with E-state index < -0.39 is 12.0 Å². The van der Waals surface area contributed by atoms with E-state index in [1.165, 1.54) is 34.7 Å². The second kappa shape index (κ2) is 9.56. The van der Waals surface area contributed by atoms with Gasteiger partial charge in [-0.2, -0.15) is 5.10 Å². The highest BCUT2D eigenvalue weighted by Crippen LogP contribution is 2.36. The number of phenolic OH excluding ortho intramolecular Hbond substituents is 1. The number of hydrogen-bond donors (Lipinski definition) is 4. The Balaban J connectivity index is 1.47. The van der Waals surface area contributed by atoms with Crippen LogP contribution in [0.4, 0.5) is 5.69 Å². The first-order valence-corrected chi connectivity index (χ1v) is 11.2. The summed E-state index contributed by atoms with van der Waals surface area (Å²) in [5, 5.41) is 25.6. The number of carboxylic acid groups (broad SMARTS) is 1. The fourth-order valence-electron chi connectivity index (χ4n) is 4.16. The summed E-state index contributed by atoms with van der Waals surface area (Å²) >= 11 is 0. The number of allylic oxidation sites excluding steroid dienone is 4. The van der Waals surface area contributed by atoms with Gasteiger partial charge in [0, 0.05) is 5.70 Å². The van der Waals surface area contributed by atoms with Gasteiger partial charge >= 0.3 is 5.97 Å². The number of para-hydroxylation sites is 1. The zero-order chi connectivity index (χ0) is 24.4. The van der Waals surface area contributed by atoms with Crippen LogP contribution in [0, 0.1) is 0 Å². The molecule has 0 saturated heterocycles. The second-order valence-corrected chi connectivity index (χ2v) is 8.56. The highest BCUT2D eigenvalue weighted by atomic mass is 16.4. The molecule has 0 spiro atoms. The van der Waals surface area contributed by atoms with Crippen molar-refractivity contribution in [1.82, 2.24) is 10.4 Å². The molecule has 2 aromatic rings. The quantitative estimate of drug-likeness (QED) is 0.347. The summed E-state index contributed by atoms with van der Waals surface area (Å²) in [5.74, 6) is -1.57. The zero-order valence-electron chi connectivity index (χ0n) is 19.4. The third-order valence-electron chi connectivity index (χ3n) is 6.11. The molecule has 178 valence electrons. The van der Waals surface area contributed by atoms with E-state index in [0.29, 0.717) is 17.0 Å². The molecule has 1 atom stereocenters.